The molecule has 1 saturated heterocycles. The summed E-state index contributed by atoms with van der Waals surface area (Å²) >= 11 is 0. The number of primary amides is 1. The van der Waals surface area contributed by atoms with E-state index in [-0.39, 0.29) is 24.3 Å². The molecule has 0 aliphatic carbocycles. The lowest BCUT2D eigenvalue weighted by Crippen LogP contribution is -2.37. The first-order valence-electron chi connectivity index (χ1n) is 18.4. The number of nitrogens with two attached hydrogens (primary N) is 1. The summed E-state index contributed by atoms with van der Waals surface area (Å²) in [6.07, 6.45) is 3.99. The molecule has 6 N–H and O–H groups in total. The van der Waals surface area contributed by atoms with Crippen LogP contribution in [0, 0.1) is 0 Å². The summed E-state index contributed by atoms with van der Waals surface area (Å²) in [5.74, 6) is 0.656. The summed E-state index contributed by atoms with van der Waals surface area (Å²) in [5, 5.41) is 5.59. The lowest BCUT2D eigenvalue weighted by atomic mass is 10.1. The van der Waals surface area contributed by atoms with E-state index in [0.717, 1.165) is 40.2 Å². The molecular formula is C42H41N9O6. The number of H-pyrrole nitrogens is 2. The number of likely N-dealkylation sites (tertiary alicyclic amines) is 1. The quantitative estimate of drug-likeness (QED) is 0.0904. The maximum atomic E-state index is 13.7. The molecule has 290 valence electrons. The summed E-state index contributed by atoms with van der Waals surface area (Å²) in [6.45, 7) is 2.34. The first-order valence-corrected chi connectivity index (χ1v) is 18.4. The van der Waals surface area contributed by atoms with E-state index in [1.807, 2.05) is 49.4 Å². The van der Waals surface area contributed by atoms with Crippen LogP contribution in [0.5, 0.6) is 0 Å². The van der Waals surface area contributed by atoms with Crippen LogP contribution in [-0.2, 0) is 25.5 Å². The minimum atomic E-state index is -1.15. The number of pyridine rings is 1. The van der Waals surface area contributed by atoms with Crippen LogP contribution < -0.4 is 16.4 Å². The summed E-state index contributed by atoms with van der Waals surface area (Å²) in [7, 11) is 1.28. The average Bonchev–Trinajstić information content (AvgIpc) is 4.03. The first-order chi connectivity index (χ1) is 27.7. The van der Waals surface area contributed by atoms with Crippen LogP contribution in [0.1, 0.15) is 60.7 Å². The van der Waals surface area contributed by atoms with Gasteiger partial charge < -0.3 is 35.4 Å². The SMILES string of the molecule is COC(=O)Nc1ccccc1CC(=O)N[C@@H](C)c1ncc(-c2ccc(-c3ccc(-c4cnc([C@@H]5CCCN5C(=O)[C@H](OC(N)=O)c5ccccc5)[nH]4)cn3)cc2)[nH]1. The lowest BCUT2D eigenvalue weighted by Gasteiger charge is -2.27. The summed E-state index contributed by atoms with van der Waals surface area (Å²) < 4.78 is 9.95. The standard InChI is InChI=1S/C42H41N9O6/c1-25(47-36(52)21-29-11-6-7-12-32(29)50-42(55)56-2)38-45-23-33(48-38)27-16-14-26(15-17-27)31-19-18-30(22-44-31)34-24-46-39(49-34)35-13-8-20-51(35)40(53)37(57-41(43)54)28-9-4-3-5-10-28/h3-7,9-12,14-19,22-25,35,37H,8,13,20-21H2,1-2H3,(H2,43,54)(H,45,48)(H,46,49)(H,47,52)(H,50,55)/t25-,35-,37+/m0/s1. The van der Waals surface area contributed by atoms with Crippen molar-refractivity contribution in [2.24, 2.45) is 5.73 Å². The van der Waals surface area contributed by atoms with Gasteiger partial charge in [-0.3, -0.25) is 19.9 Å². The maximum absolute atomic E-state index is 13.7. The molecule has 4 amide bonds. The number of imidazole rings is 2. The van der Waals surface area contributed by atoms with Gasteiger partial charge in [-0.25, -0.2) is 19.6 Å². The zero-order chi connectivity index (χ0) is 39.9. The minimum absolute atomic E-state index is 0.0613. The molecule has 1 fully saturated rings. The molecule has 0 spiro atoms. The highest BCUT2D eigenvalue weighted by molar-refractivity contribution is 5.88. The van der Waals surface area contributed by atoms with Crippen molar-refractivity contribution in [3.8, 4) is 33.8 Å². The smallest absolute Gasteiger partial charge is 0.411 e. The largest absolute Gasteiger partial charge is 0.453 e. The number of nitrogens with one attached hydrogen (secondary N) is 4. The predicted molar refractivity (Wildman–Crippen MR) is 211 cm³/mol. The van der Waals surface area contributed by atoms with Gasteiger partial charge in [-0.2, -0.15) is 0 Å². The van der Waals surface area contributed by atoms with Crippen molar-refractivity contribution >= 4 is 29.7 Å². The van der Waals surface area contributed by atoms with Gasteiger partial charge in [0.1, 0.15) is 11.6 Å². The van der Waals surface area contributed by atoms with Crippen molar-refractivity contribution in [1.82, 2.24) is 35.1 Å². The number of methoxy groups -OCH3 is 1. The number of rotatable bonds is 12. The lowest BCUT2D eigenvalue weighted by molar-refractivity contribution is -0.141. The summed E-state index contributed by atoms with van der Waals surface area (Å²) in [6, 6.07) is 27.0. The van der Waals surface area contributed by atoms with Gasteiger partial charge in [0.2, 0.25) is 12.0 Å². The molecule has 6 aromatic rings. The molecule has 0 radical (unpaired) electrons. The van der Waals surface area contributed by atoms with E-state index >= 15 is 0 Å². The minimum Gasteiger partial charge on any atom is -0.453 e. The van der Waals surface area contributed by atoms with E-state index in [1.54, 1.807) is 72.0 Å². The van der Waals surface area contributed by atoms with Gasteiger partial charge in [-0.1, -0.05) is 72.8 Å². The van der Waals surface area contributed by atoms with Crippen LogP contribution in [0.3, 0.4) is 0 Å². The Morgan fingerprint density at radius 3 is 2.28 bits per heavy atom. The second kappa shape index (κ2) is 17.0. The van der Waals surface area contributed by atoms with E-state index in [0.29, 0.717) is 41.4 Å². The molecule has 15 heteroatoms. The third kappa shape index (κ3) is 8.83. The number of benzene rings is 3. The second-order valence-electron chi connectivity index (χ2n) is 13.5. The zero-order valence-electron chi connectivity index (χ0n) is 31.3. The fraction of sp³-hybridized carbons (Fsp3) is 0.214. The maximum Gasteiger partial charge on any atom is 0.411 e. The van der Waals surface area contributed by atoms with E-state index in [2.05, 4.69) is 35.3 Å². The molecule has 0 unspecified atom stereocenters. The second-order valence-corrected chi connectivity index (χ2v) is 13.5. The van der Waals surface area contributed by atoms with Crippen LogP contribution in [0.4, 0.5) is 15.3 Å². The van der Waals surface area contributed by atoms with Crippen molar-refractivity contribution in [1.29, 1.82) is 0 Å². The first kappa shape index (κ1) is 38.0. The Balaban J connectivity index is 0.969. The van der Waals surface area contributed by atoms with Crippen LogP contribution in [0.25, 0.3) is 33.8 Å². The van der Waals surface area contributed by atoms with Crippen LogP contribution >= 0.6 is 0 Å². The number of para-hydroxylation sites is 1. The molecule has 15 nitrogen and oxygen atoms in total. The Bertz CT molecular complexity index is 2360. The predicted octanol–water partition coefficient (Wildman–Crippen LogP) is 6.63. The molecule has 57 heavy (non-hydrogen) atoms. The molecule has 4 heterocycles. The number of anilines is 1. The fourth-order valence-corrected chi connectivity index (χ4v) is 6.86. The van der Waals surface area contributed by atoms with E-state index < -0.39 is 24.3 Å². The van der Waals surface area contributed by atoms with Gasteiger partial charge in [-0.15, -0.1) is 0 Å². The van der Waals surface area contributed by atoms with E-state index in [9.17, 15) is 19.2 Å². The van der Waals surface area contributed by atoms with Crippen molar-refractivity contribution in [3.63, 3.8) is 0 Å². The Hall–Kier alpha value is -7.29. The van der Waals surface area contributed by atoms with Gasteiger partial charge in [0.05, 0.1) is 55.1 Å². The van der Waals surface area contributed by atoms with Crippen molar-refractivity contribution in [2.45, 2.75) is 44.4 Å². The molecular weight excluding hydrogens is 727 g/mol. The van der Waals surface area contributed by atoms with Crippen molar-refractivity contribution < 1.29 is 28.7 Å². The van der Waals surface area contributed by atoms with Crippen molar-refractivity contribution in [3.05, 3.63) is 132 Å². The van der Waals surface area contributed by atoms with Crippen molar-refractivity contribution in [2.75, 3.05) is 19.0 Å². The molecule has 3 atom stereocenters. The molecule has 1 aliphatic heterocycles. The number of hydrogen-bond donors (Lipinski definition) is 5. The van der Waals surface area contributed by atoms with Gasteiger partial charge in [0, 0.05) is 35.1 Å². The van der Waals surface area contributed by atoms with Crippen LogP contribution in [-0.4, -0.2) is 67.5 Å². The number of aromatic nitrogens is 5. The topological polar surface area (TPSA) is 210 Å². The molecule has 0 saturated carbocycles. The Morgan fingerprint density at radius 1 is 0.842 bits per heavy atom. The summed E-state index contributed by atoms with van der Waals surface area (Å²) in [5.41, 5.74) is 12.0. The van der Waals surface area contributed by atoms with E-state index in [4.69, 9.17) is 15.5 Å². The normalized spacial score (nSPS) is 14.7. The van der Waals surface area contributed by atoms with Gasteiger partial charge in [0.15, 0.2) is 0 Å². The third-order valence-corrected chi connectivity index (χ3v) is 9.75. The van der Waals surface area contributed by atoms with E-state index in [1.165, 1.54) is 7.11 Å². The molecule has 1 aliphatic rings. The number of aromatic amines is 2. The number of hydrogen-bond acceptors (Lipinski definition) is 9. The third-order valence-electron chi connectivity index (χ3n) is 9.75. The number of carbonyl (C=O) groups excluding carboxylic acids is 4. The van der Waals surface area contributed by atoms with Gasteiger partial charge in [-0.05, 0) is 49.1 Å². The average molecular weight is 768 g/mol. The number of nitrogens with zero attached hydrogens (tertiary/aromatic N) is 4. The summed E-state index contributed by atoms with van der Waals surface area (Å²) in [4.78, 5) is 72.2. The highest BCUT2D eigenvalue weighted by atomic mass is 16.6. The molecule has 0 bridgehead atoms. The molecule has 7 rings (SSSR count). The number of carbonyl (C=O) groups is 4. The molecule has 3 aromatic carbocycles. The zero-order valence-corrected chi connectivity index (χ0v) is 31.3. The Labute approximate surface area is 328 Å². The highest BCUT2D eigenvalue weighted by Gasteiger charge is 2.37. The number of ether oxygens (including phenoxy) is 2. The highest BCUT2D eigenvalue weighted by Crippen LogP contribution is 2.35. The van der Waals surface area contributed by atoms with Crippen LogP contribution in [0.2, 0.25) is 0 Å². The monoisotopic (exact) mass is 767 g/mol. The Morgan fingerprint density at radius 2 is 1.54 bits per heavy atom. The van der Waals surface area contributed by atoms with Crippen LogP contribution in [0.15, 0.2) is 110 Å². The van der Waals surface area contributed by atoms with Gasteiger partial charge in [0.25, 0.3) is 5.91 Å². The Kier molecular flexibility index (Phi) is 11.3. The van der Waals surface area contributed by atoms with Gasteiger partial charge >= 0.3 is 12.2 Å². The fourth-order valence-electron chi connectivity index (χ4n) is 6.86. The molecule has 3 aromatic heterocycles. The number of amides is 4.